The van der Waals surface area contributed by atoms with Crippen LogP contribution in [0.2, 0.25) is 0 Å². The average molecular weight is 286 g/mol. The number of hydrogen-bond donors (Lipinski definition) is 0. The summed E-state index contributed by atoms with van der Waals surface area (Å²) < 4.78 is 5.62. The molecule has 0 aliphatic carbocycles. The van der Waals surface area contributed by atoms with E-state index >= 15 is 0 Å². The fourth-order valence-electron chi connectivity index (χ4n) is 1.58. The van der Waals surface area contributed by atoms with Gasteiger partial charge in [0.15, 0.2) is 0 Å². The summed E-state index contributed by atoms with van der Waals surface area (Å²) in [7, 11) is 0. The van der Waals surface area contributed by atoms with Crippen LogP contribution in [0.4, 0.5) is 6.01 Å². The third kappa shape index (κ3) is 3.23. The highest BCUT2D eigenvalue weighted by Crippen LogP contribution is 2.21. The zero-order chi connectivity index (χ0) is 13.0. The van der Waals surface area contributed by atoms with Crippen molar-refractivity contribution in [2.45, 2.75) is 32.9 Å². The van der Waals surface area contributed by atoms with Crippen molar-refractivity contribution >= 4 is 29.0 Å². The Hall–Kier alpha value is -1.07. The van der Waals surface area contributed by atoms with Crippen LogP contribution in [0, 0.1) is 0 Å². The van der Waals surface area contributed by atoms with Crippen LogP contribution in [0.1, 0.15) is 24.6 Å². The molecule has 6 heteroatoms. The highest BCUT2D eigenvalue weighted by Gasteiger charge is 2.18. The van der Waals surface area contributed by atoms with Crippen LogP contribution in [0.15, 0.2) is 21.9 Å². The highest BCUT2D eigenvalue weighted by molar-refractivity contribution is 7.09. The fraction of sp³-hybridized carbons (Fsp3) is 0.500. The maximum absolute atomic E-state index is 5.66. The van der Waals surface area contributed by atoms with Gasteiger partial charge in [0.25, 0.3) is 0 Å². The predicted octanol–water partition coefficient (Wildman–Crippen LogP) is 3.33. The quantitative estimate of drug-likeness (QED) is 0.764. The summed E-state index contributed by atoms with van der Waals surface area (Å²) in [5.41, 5.74) is 0. The molecule has 0 N–H and O–H groups in total. The van der Waals surface area contributed by atoms with Gasteiger partial charge in [-0.05, 0) is 25.3 Å². The van der Waals surface area contributed by atoms with Gasteiger partial charge in [-0.2, -0.15) is 0 Å². The molecule has 2 heterocycles. The van der Waals surface area contributed by atoms with Gasteiger partial charge in [-0.1, -0.05) is 11.2 Å². The van der Waals surface area contributed by atoms with Crippen LogP contribution in [0.3, 0.4) is 0 Å². The first-order valence-corrected chi connectivity index (χ1v) is 7.29. The third-order valence-electron chi connectivity index (χ3n) is 2.54. The van der Waals surface area contributed by atoms with Crippen molar-refractivity contribution in [2.75, 3.05) is 10.8 Å². The Morgan fingerprint density at radius 3 is 2.89 bits per heavy atom. The Kier molecular flexibility index (Phi) is 4.60. The van der Waals surface area contributed by atoms with E-state index in [4.69, 9.17) is 16.0 Å². The Morgan fingerprint density at radius 2 is 2.28 bits per heavy atom. The molecule has 0 aliphatic heterocycles. The van der Waals surface area contributed by atoms with E-state index in [2.05, 4.69) is 40.4 Å². The maximum atomic E-state index is 5.66. The van der Waals surface area contributed by atoms with E-state index in [1.54, 1.807) is 11.3 Å². The van der Waals surface area contributed by atoms with Gasteiger partial charge in [0.1, 0.15) is 0 Å². The molecule has 18 heavy (non-hydrogen) atoms. The number of rotatable bonds is 6. The Bertz CT molecular complexity index is 469. The molecule has 2 aromatic heterocycles. The van der Waals surface area contributed by atoms with Gasteiger partial charge in [-0.15, -0.1) is 28.0 Å². The van der Waals surface area contributed by atoms with Crippen molar-refractivity contribution < 1.29 is 4.42 Å². The van der Waals surface area contributed by atoms with Crippen LogP contribution in [0.25, 0.3) is 0 Å². The summed E-state index contributed by atoms with van der Waals surface area (Å²) >= 11 is 7.39. The van der Waals surface area contributed by atoms with Gasteiger partial charge in [0.05, 0.1) is 6.54 Å². The topological polar surface area (TPSA) is 42.2 Å². The number of thiophene rings is 1. The summed E-state index contributed by atoms with van der Waals surface area (Å²) in [6.45, 7) is 5.01. The molecule has 0 fully saturated rings. The first kappa shape index (κ1) is 13.4. The second kappa shape index (κ2) is 6.20. The smallest absolute Gasteiger partial charge is 0.318 e. The Balaban J connectivity index is 2.13. The molecule has 98 valence electrons. The van der Waals surface area contributed by atoms with E-state index in [0.29, 0.717) is 30.2 Å². The monoisotopic (exact) mass is 285 g/mol. The lowest BCUT2D eigenvalue weighted by atomic mass is 10.3. The minimum atomic E-state index is 0.302. The second-order valence-corrected chi connectivity index (χ2v) is 5.63. The summed E-state index contributed by atoms with van der Waals surface area (Å²) in [5.74, 6) is 1.09. The van der Waals surface area contributed by atoms with Gasteiger partial charge in [0.2, 0.25) is 5.89 Å². The van der Waals surface area contributed by atoms with E-state index in [9.17, 15) is 0 Å². The highest BCUT2D eigenvalue weighted by atomic mass is 35.5. The zero-order valence-electron chi connectivity index (χ0n) is 10.5. The van der Waals surface area contributed by atoms with E-state index < -0.39 is 0 Å². The number of nitrogens with zero attached hydrogens (tertiary/aromatic N) is 3. The van der Waals surface area contributed by atoms with Crippen molar-refractivity contribution in [3.05, 3.63) is 28.3 Å². The molecule has 0 atom stereocenters. The van der Waals surface area contributed by atoms with Gasteiger partial charge in [0, 0.05) is 23.2 Å². The molecule has 2 aromatic rings. The van der Waals surface area contributed by atoms with E-state index in [0.717, 1.165) is 6.54 Å². The van der Waals surface area contributed by atoms with Crippen LogP contribution < -0.4 is 4.90 Å². The SMILES string of the molecule is CC(C)N(Cc1cccs1)c1nnc(CCCl)o1. The standard InChI is InChI=1S/C12H16ClN3OS/c1-9(2)16(8-10-4-3-7-18-10)12-15-14-11(17-12)5-6-13/h3-4,7,9H,5-6,8H2,1-2H3. The lowest BCUT2D eigenvalue weighted by Crippen LogP contribution is -2.30. The van der Waals surface area contributed by atoms with Gasteiger partial charge < -0.3 is 9.32 Å². The molecule has 0 bridgehead atoms. The molecule has 0 saturated heterocycles. The van der Waals surface area contributed by atoms with Gasteiger partial charge in [-0.3, -0.25) is 0 Å². The van der Waals surface area contributed by atoms with Gasteiger partial charge >= 0.3 is 6.01 Å². The van der Waals surface area contributed by atoms with Crippen molar-refractivity contribution in [1.29, 1.82) is 0 Å². The summed E-state index contributed by atoms with van der Waals surface area (Å²) in [4.78, 5) is 3.37. The molecule has 0 aliphatic rings. The number of alkyl halides is 1. The third-order valence-corrected chi connectivity index (χ3v) is 3.59. The fourth-order valence-corrected chi connectivity index (χ4v) is 2.45. The number of aromatic nitrogens is 2. The van der Waals surface area contributed by atoms with E-state index in [-0.39, 0.29) is 0 Å². The molecule has 0 saturated carbocycles. The molecular formula is C12H16ClN3OS. The van der Waals surface area contributed by atoms with Gasteiger partial charge in [-0.25, -0.2) is 0 Å². The van der Waals surface area contributed by atoms with E-state index in [1.165, 1.54) is 4.88 Å². The summed E-state index contributed by atoms with van der Waals surface area (Å²) in [6, 6.07) is 5.02. The van der Waals surface area contributed by atoms with Crippen LogP contribution >= 0.6 is 22.9 Å². The lowest BCUT2D eigenvalue weighted by molar-refractivity contribution is 0.474. The number of hydrogen-bond acceptors (Lipinski definition) is 5. The minimum Gasteiger partial charge on any atom is -0.408 e. The van der Waals surface area contributed by atoms with Crippen LogP contribution in [-0.4, -0.2) is 22.1 Å². The van der Waals surface area contributed by atoms with Crippen molar-refractivity contribution in [3.8, 4) is 0 Å². The molecule has 2 rings (SSSR count). The second-order valence-electron chi connectivity index (χ2n) is 4.22. The molecule has 0 unspecified atom stereocenters. The number of anilines is 1. The zero-order valence-corrected chi connectivity index (χ0v) is 12.0. The lowest BCUT2D eigenvalue weighted by Gasteiger charge is -2.23. The summed E-state index contributed by atoms with van der Waals surface area (Å²) in [6.07, 6.45) is 0.611. The largest absolute Gasteiger partial charge is 0.408 e. The molecule has 4 nitrogen and oxygen atoms in total. The predicted molar refractivity (Wildman–Crippen MR) is 74.4 cm³/mol. The normalized spacial score (nSPS) is 11.1. The minimum absolute atomic E-state index is 0.302. The first-order chi connectivity index (χ1) is 8.70. The molecule has 0 spiro atoms. The molecule has 0 radical (unpaired) electrons. The molecular weight excluding hydrogens is 270 g/mol. The van der Waals surface area contributed by atoms with Crippen molar-refractivity contribution in [2.24, 2.45) is 0 Å². The summed E-state index contributed by atoms with van der Waals surface area (Å²) in [5, 5.41) is 10.2. The number of aryl methyl sites for hydroxylation is 1. The van der Waals surface area contributed by atoms with Crippen LogP contribution in [-0.2, 0) is 13.0 Å². The number of halogens is 1. The Morgan fingerprint density at radius 1 is 1.44 bits per heavy atom. The first-order valence-electron chi connectivity index (χ1n) is 5.88. The van der Waals surface area contributed by atoms with Crippen molar-refractivity contribution in [1.82, 2.24) is 10.2 Å². The maximum Gasteiger partial charge on any atom is 0.318 e. The average Bonchev–Trinajstić information content (AvgIpc) is 2.96. The molecule has 0 amide bonds. The van der Waals surface area contributed by atoms with Crippen LogP contribution in [0.5, 0.6) is 0 Å². The molecule has 0 aromatic carbocycles. The van der Waals surface area contributed by atoms with E-state index in [1.807, 2.05) is 6.07 Å². The van der Waals surface area contributed by atoms with Crippen molar-refractivity contribution in [3.63, 3.8) is 0 Å². The Labute approximate surface area is 116 Å².